The highest BCUT2D eigenvalue weighted by Crippen LogP contribution is 2.23. The van der Waals surface area contributed by atoms with Gasteiger partial charge >= 0.3 is 5.97 Å². The van der Waals surface area contributed by atoms with Gasteiger partial charge in [0, 0.05) is 5.92 Å². The lowest BCUT2D eigenvalue weighted by atomic mass is 9.88. The second-order valence-electron chi connectivity index (χ2n) is 4.60. The van der Waals surface area contributed by atoms with E-state index >= 15 is 0 Å². The van der Waals surface area contributed by atoms with Crippen LogP contribution in [0.1, 0.15) is 44.9 Å². The Morgan fingerprint density at radius 3 is 2.53 bits per heavy atom. The minimum Gasteiger partial charge on any atom is -0.480 e. The van der Waals surface area contributed by atoms with Gasteiger partial charge in [-0.05, 0) is 25.7 Å². The molecule has 0 bridgehead atoms. The predicted molar refractivity (Wildman–Crippen MR) is 65.6 cm³/mol. The van der Waals surface area contributed by atoms with Crippen LogP contribution >= 0.6 is 0 Å². The average Bonchev–Trinajstić information content (AvgIpc) is 2.35. The Labute approximate surface area is 102 Å². The standard InChI is InChI=1S/C13H21NO3/c1-2-3-9-11(13(16)17)14-12(15)10-7-5-4-6-8-10/h2,10-11H,1,3-9H2,(H,14,15)(H,16,17)/t11-/m0/s1. The molecule has 0 radical (unpaired) electrons. The first kappa shape index (κ1) is 13.7. The van der Waals surface area contributed by atoms with Crippen LogP contribution < -0.4 is 5.32 Å². The number of allylic oxidation sites excluding steroid dienone is 1. The van der Waals surface area contributed by atoms with Crippen molar-refractivity contribution in [1.29, 1.82) is 0 Å². The summed E-state index contributed by atoms with van der Waals surface area (Å²) in [7, 11) is 0. The monoisotopic (exact) mass is 239 g/mol. The van der Waals surface area contributed by atoms with Gasteiger partial charge in [-0.25, -0.2) is 4.79 Å². The number of rotatable bonds is 6. The molecule has 4 nitrogen and oxygen atoms in total. The summed E-state index contributed by atoms with van der Waals surface area (Å²) in [6.45, 7) is 3.56. The molecule has 0 heterocycles. The molecule has 0 aromatic heterocycles. The fraction of sp³-hybridized carbons (Fsp3) is 0.692. The van der Waals surface area contributed by atoms with Gasteiger partial charge in [0.05, 0.1) is 0 Å². The molecule has 0 unspecified atom stereocenters. The van der Waals surface area contributed by atoms with Gasteiger partial charge in [0.2, 0.25) is 5.91 Å². The zero-order valence-corrected chi connectivity index (χ0v) is 10.2. The van der Waals surface area contributed by atoms with Gasteiger partial charge in [0.15, 0.2) is 0 Å². The Kier molecular flexibility index (Phi) is 5.73. The number of hydrogen-bond donors (Lipinski definition) is 2. The minimum atomic E-state index is -0.962. The van der Waals surface area contributed by atoms with Crippen molar-refractivity contribution in [2.45, 2.75) is 51.0 Å². The van der Waals surface area contributed by atoms with Crippen molar-refractivity contribution in [2.75, 3.05) is 0 Å². The van der Waals surface area contributed by atoms with Gasteiger partial charge in [0.25, 0.3) is 0 Å². The number of carboxylic acid groups (broad SMARTS) is 1. The average molecular weight is 239 g/mol. The molecule has 4 heteroatoms. The highest BCUT2D eigenvalue weighted by molar-refractivity contribution is 5.84. The molecular weight excluding hydrogens is 218 g/mol. The van der Waals surface area contributed by atoms with Crippen LogP contribution in [0, 0.1) is 5.92 Å². The van der Waals surface area contributed by atoms with Crippen molar-refractivity contribution in [1.82, 2.24) is 5.32 Å². The minimum absolute atomic E-state index is 0.00864. The first-order chi connectivity index (χ1) is 8.15. The highest BCUT2D eigenvalue weighted by Gasteiger charge is 2.25. The number of aliphatic carboxylic acids is 1. The molecule has 0 spiro atoms. The van der Waals surface area contributed by atoms with E-state index in [1.54, 1.807) is 6.08 Å². The van der Waals surface area contributed by atoms with Crippen LogP contribution in [0.4, 0.5) is 0 Å². The van der Waals surface area contributed by atoms with Crippen LogP contribution in [0.2, 0.25) is 0 Å². The maximum Gasteiger partial charge on any atom is 0.326 e. The Bertz CT molecular complexity index is 282. The second-order valence-corrected chi connectivity index (χ2v) is 4.60. The Hall–Kier alpha value is -1.32. The largest absolute Gasteiger partial charge is 0.480 e. The third-order valence-electron chi connectivity index (χ3n) is 3.25. The van der Waals surface area contributed by atoms with E-state index in [0.29, 0.717) is 12.8 Å². The molecule has 0 saturated heterocycles. The second kappa shape index (κ2) is 7.09. The summed E-state index contributed by atoms with van der Waals surface area (Å²) in [5.41, 5.74) is 0. The molecule has 0 aliphatic heterocycles. The molecule has 96 valence electrons. The lowest BCUT2D eigenvalue weighted by Gasteiger charge is -2.23. The van der Waals surface area contributed by atoms with E-state index in [1.165, 1.54) is 6.42 Å². The number of hydrogen-bond acceptors (Lipinski definition) is 2. The third kappa shape index (κ3) is 4.59. The molecular formula is C13H21NO3. The van der Waals surface area contributed by atoms with Gasteiger partial charge < -0.3 is 10.4 Å². The third-order valence-corrected chi connectivity index (χ3v) is 3.25. The van der Waals surface area contributed by atoms with Crippen LogP contribution in [0.25, 0.3) is 0 Å². The number of carbonyl (C=O) groups excluding carboxylic acids is 1. The van der Waals surface area contributed by atoms with E-state index in [2.05, 4.69) is 11.9 Å². The van der Waals surface area contributed by atoms with E-state index in [0.717, 1.165) is 25.7 Å². The van der Waals surface area contributed by atoms with Gasteiger partial charge in [0.1, 0.15) is 6.04 Å². The molecule has 1 saturated carbocycles. The van der Waals surface area contributed by atoms with Crippen LogP contribution in [0.3, 0.4) is 0 Å². The normalized spacial score (nSPS) is 18.4. The zero-order valence-electron chi connectivity index (χ0n) is 10.2. The molecule has 1 atom stereocenters. The zero-order chi connectivity index (χ0) is 12.7. The van der Waals surface area contributed by atoms with E-state index in [1.807, 2.05) is 0 Å². The molecule has 1 fully saturated rings. The van der Waals surface area contributed by atoms with Gasteiger partial charge in [-0.15, -0.1) is 6.58 Å². The predicted octanol–water partition coefficient (Wildman–Crippen LogP) is 2.10. The Balaban J connectivity index is 2.44. The SMILES string of the molecule is C=CCC[C@H](NC(=O)C1CCCCC1)C(=O)O. The number of amides is 1. The summed E-state index contributed by atoms with van der Waals surface area (Å²) in [4.78, 5) is 22.9. The number of nitrogens with one attached hydrogen (secondary N) is 1. The summed E-state index contributed by atoms with van der Waals surface area (Å²) in [6.07, 6.45) is 7.79. The van der Waals surface area contributed by atoms with Gasteiger partial charge in [-0.2, -0.15) is 0 Å². The van der Waals surface area contributed by atoms with Crippen molar-refractivity contribution in [3.05, 3.63) is 12.7 Å². The van der Waals surface area contributed by atoms with Crippen molar-refractivity contribution in [3.8, 4) is 0 Å². The summed E-state index contributed by atoms with van der Waals surface area (Å²) in [5, 5.41) is 11.6. The summed E-state index contributed by atoms with van der Waals surface area (Å²) in [5.74, 6) is -1.05. The van der Waals surface area contributed by atoms with Crippen LogP contribution in [0.15, 0.2) is 12.7 Å². The highest BCUT2D eigenvalue weighted by atomic mass is 16.4. The van der Waals surface area contributed by atoms with Crippen LogP contribution in [-0.2, 0) is 9.59 Å². The van der Waals surface area contributed by atoms with Crippen LogP contribution in [-0.4, -0.2) is 23.0 Å². The summed E-state index contributed by atoms with van der Waals surface area (Å²) in [6, 6.07) is -0.776. The quantitative estimate of drug-likeness (QED) is 0.697. The molecule has 1 aliphatic carbocycles. The molecule has 2 N–H and O–H groups in total. The summed E-state index contributed by atoms with van der Waals surface area (Å²) < 4.78 is 0. The lowest BCUT2D eigenvalue weighted by molar-refractivity contribution is -0.142. The lowest BCUT2D eigenvalue weighted by Crippen LogP contribution is -2.43. The van der Waals surface area contributed by atoms with E-state index in [-0.39, 0.29) is 11.8 Å². The van der Waals surface area contributed by atoms with E-state index in [4.69, 9.17) is 5.11 Å². The summed E-state index contributed by atoms with van der Waals surface area (Å²) >= 11 is 0. The topological polar surface area (TPSA) is 66.4 Å². The van der Waals surface area contributed by atoms with E-state index in [9.17, 15) is 9.59 Å². The molecule has 0 aromatic carbocycles. The van der Waals surface area contributed by atoms with E-state index < -0.39 is 12.0 Å². The first-order valence-electron chi connectivity index (χ1n) is 6.29. The Morgan fingerprint density at radius 2 is 2.00 bits per heavy atom. The fourth-order valence-electron chi connectivity index (χ4n) is 2.20. The molecule has 1 aliphatic rings. The fourth-order valence-corrected chi connectivity index (χ4v) is 2.20. The molecule has 1 amide bonds. The Morgan fingerprint density at radius 1 is 1.35 bits per heavy atom. The van der Waals surface area contributed by atoms with Crippen LogP contribution in [0.5, 0.6) is 0 Å². The maximum atomic E-state index is 11.9. The van der Waals surface area contributed by atoms with Gasteiger partial charge in [-0.3, -0.25) is 4.79 Å². The van der Waals surface area contributed by atoms with Crippen molar-refractivity contribution in [3.63, 3.8) is 0 Å². The van der Waals surface area contributed by atoms with Gasteiger partial charge in [-0.1, -0.05) is 25.3 Å². The first-order valence-corrected chi connectivity index (χ1v) is 6.29. The van der Waals surface area contributed by atoms with Crippen molar-refractivity contribution in [2.24, 2.45) is 5.92 Å². The molecule has 1 rings (SSSR count). The number of carbonyl (C=O) groups is 2. The van der Waals surface area contributed by atoms with Crippen molar-refractivity contribution < 1.29 is 14.7 Å². The smallest absolute Gasteiger partial charge is 0.326 e. The number of carboxylic acids is 1. The molecule has 17 heavy (non-hydrogen) atoms. The van der Waals surface area contributed by atoms with Crippen molar-refractivity contribution >= 4 is 11.9 Å². The maximum absolute atomic E-state index is 11.9. The molecule has 0 aromatic rings.